The molecule has 0 saturated carbocycles. The summed E-state index contributed by atoms with van der Waals surface area (Å²) in [5.41, 5.74) is 4.98. The van der Waals surface area contributed by atoms with Gasteiger partial charge in [0.2, 0.25) is 0 Å². The van der Waals surface area contributed by atoms with Crippen molar-refractivity contribution in [3.63, 3.8) is 0 Å². The smallest absolute Gasteiger partial charge is 0.252 e. The molecule has 3 rings (SSSR count). The van der Waals surface area contributed by atoms with Crippen LogP contribution < -0.4 is 5.32 Å². The number of carbonyl (C=O) groups excluding carboxylic acids is 1. The summed E-state index contributed by atoms with van der Waals surface area (Å²) in [6.45, 7) is 6.42. The summed E-state index contributed by atoms with van der Waals surface area (Å²) in [4.78, 5) is 13.6. The van der Waals surface area contributed by atoms with E-state index in [1.165, 1.54) is 5.56 Å². The number of rotatable bonds is 6. The standard InChI is InChI=1S/C21H22N2O2S/c1-14-8-4-5-9-17(14)12-22-21(24)18-10-6-7-11-20(18)26-13-19-15(2)23-25-16(19)3/h4-11H,12-13H2,1-3H3,(H,22,24). The molecule has 1 N–H and O–H groups in total. The van der Waals surface area contributed by atoms with Gasteiger partial charge in [0.15, 0.2) is 0 Å². The second-order valence-electron chi connectivity index (χ2n) is 6.20. The van der Waals surface area contributed by atoms with Crippen molar-refractivity contribution >= 4 is 17.7 Å². The Kier molecular flexibility index (Phi) is 5.78. The largest absolute Gasteiger partial charge is 0.361 e. The first kappa shape index (κ1) is 18.3. The van der Waals surface area contributed by atoms with Gasteiger partial charge in [0.05, 0.1) is 11.3 Å². The third-order valence-electron chi connectivity index (χ3n) is 4.39. The SMILES string of the molecule is Cc1ccccc1CNC(=O)c1ccccc1SCc1c(C)noc1C. The van der Waals surface area contributed by atoms with Crippen LogP contribution in [-0.2, 0) is 12.3 Å². The van der Waals surface area contributed by atoms with E-state index >= 15 is 0 Å². The van der Waals surface area contributed by atoms with Gasteiger partial charge in [-0.25, -0.2) is 0 Å². The minimum atomic E-state index is -0.0601. The summed E-state index contributed by atoms with van der Waals surface area (Å²) in [7, 11) is 0. The maximum Gasteiger partial charge on any atom is 0.252 e. The van der Waals surface area contributed by atoms with Gasteiger partial charge in [-0.2, -0.15) is 0 Å². The van der Waals surface area contributed by atoms with E-state index in [1.807, 2.05) is 56.3 Å². The van der Waals surface area contributed by atoms with Crippen LogP contribution in [-0.4, -0.2) is 11.1 Å². The molecular formula is C21H22N2O2S. The molecule has 0 bridgehead atoms. The Morgan fingerprint density at radius 3 is 2.54 bits per heavy atom. The molecule has 0 radical (unpaired) electrons. The van der Waals surface area contributed by atoms with Crippen LogP contribution >= 0.6 is 11.8 Å². The average molecular weight is 366 g/mol. The first-order valence-electron chi connectivity index (χ1n) is 8.52. The number of thioether (sulfide) groups is 1. The van der Waals surface area contributed by atoms with E-state index in [9.17, 15) is 4.79 Å². The fraction of sp³-hybridized carbons (Fsp3) is 0.238. The van der Waals surface area contributed by atoms with Crippen molar-refractivity contribution < 1.29 is 9.32 Å². The van der Waals surface area contributed by atoms with Crippen LogP contribution in [0.5, 0.6) is 0 Å². The van der Waals surface area contributed by atoms with E-state index in [4.69, 9.17) is 4.52 Å². The minimum absolute atomic E-state index is 0.0601. The van der Waals surface area contributed by atoms with Crippen LogP contribution in [0.25, 0.3) is 0 Å². The summed E-state index contributed by atoms with van der Waals surface area (Å²) in [6.07, 6.45) is 0. The number of hydrogen-bond donors (Lipinski definition) is 1. The normalized spacial score (nSPS) is 10.7. The molecule has 1 aromatic heterocycles. The van der Waals surface area contributed by atoms with Gasteiger partial charge in [-0.1, -0.05) is 41.6 Å². The highest BCUT2D eigenvalue weighted by Gasteiger charge is 2.14. The molecule has 5 heteroatoms. The van der Waals surface area contributed by atoms with Gasteiger partial charge in [-0.3, -0.25) is 4.79 Å². The predicted molar refractivity (Wildman–Crippen MR) is 104 cm³/mol. The van der Waals surface area contributed by atoms with Crippen LogP contribution in [0.2, 0.25) is 0 Å². The van der Waals surface area contributed by atoms with Crippen molar-refractivity contribution in [3.8, 4) is 0 Å². The summed E-state index contributed by atoms with van der Waals surface area (Å²) in [5.74, 6) is 1.50. The molecule has 0 atom stereocenters. The van der Waals surface area contributed by atoms with E-state index in [0.717, 1.165) is 33.2 Å². The molecule has 1 heterocycles. The Balaban J connectivity index is 1.70. The molecule has 1 amide bonds. The number of amides is 1. The first-order chi connectivity index (χ1) is 12.6. The van der Waals surface area contributed by atoms with Crippen molar-refractivity contribution in [2.75, 3.05) is 0 Å². The fourth-order valence-electron chi connectivity index (χ4n) is 2.72. The Morgan fingerprint density at radius 1 is 1.08 bits per heavy atom. The molecular weight excluding hydrogens is 344 g/mol. The highest BCUT2D eigenvalue weighted by Crippen LogP contribution is 2.28. The number of nitrogens with zero attached hydrogens (tertiary/aromatic N) is 1. The Labute approximate surface area is 158 Å². The monoisotopic (exact) mass is 366 g/mol. The molecule has 134 valence electrons. The van der Waals surface area contributed by atoms with Crippen LogP contribution in [0.3, 0.4) is 0 Å². The summed E-state index contributed by atoms with van der Waals surface area (Å²) >= 11 is 1.63. The van der Waals surface area contributed by atoms with Gasteiger partial charge in [0.25, 0.3) is 5.91 Å². The minimum Gasteiger partial charge on any atom is -0.361 e. The van der Waals surface area contributed by atoms with Crippen LogP contribution in [0.4, 0.5) is 0 Å². The quantitative estimate of drug-likeness (QED) is 0.635. The average Bonchev–Trinajstić information content (AvgIpc) is 2.97. The molecule has 0 saturated heterocycles. The highest BCUT2D eigenvalue weighted by atomic mass is 32.2. The maximum atomic E-state index is 12.7. The molecule has 3 aromatic rings. The molecule has 0 aliphatic carbocycles. The molecule has 0 unspecified atom stereocenters. The molecule has 0 aliphatic heterocycles. The lowest BCUT2D eigenvalue weighted by atomic mass is 10.1. The van der Waals surface area contributed by atoms with Gasteiger partial charge in [-0.15, -0.1) is 11.8 Å². The lowest BCUT2D eigenvalue weighted by Gasteiger charge is -2.11. The third kappa shape index (κ3) is 4.17. The van der Waals surface area contributed by atoms with Crippen LogP contribution in [0, 0.1) is 20.8 Å². The third-order valence-corrected chi connectivity index (χ3v) is 5.49. The van der Waals surface area contributed by atoms with Crippen molar-refractivity contribution in [3.05, 3.63) is 82.2 Å². The molecule has 0 aliphatic rings. The lowest BCUT2D eigenvalue weighted by molar-refractivity contribution is 0.0948. The van der Waals surface area contributed by atoms with Crippen LogP contribution in [0.15, 0.2) is 57.9 Å². The fourth-order valence-corrected chi connectivity index (χ4v) is 3.92. The number of aromatic nitrogens is 1. The molecule has 0 spiro atoms. The van der Waals surface area contributed by atoms with Gasteiger partial charge in [-0.05, 0) is 44.0 Å². The predicted octanol–water partition coefficient (Wildman–Crippen LogP) is 4.82. The van der Waals surface area contributed by atoms with Crippen molar-refractivity contribution in [2.24, 2.45) is 0 Å². The highest BCUT2D eigenvalue weighted by molar-refractivity contribution is 7.98. The summed E-state index contributed by atoms with van der Waals surface area (Å²) < 4.78 is 5.22. The molecule has 0 fully saturated rings. The first-order valence-corrected chi connectivity index (χ1v) is 9.51. The second kappa shape index (κ2) is 8.23. The van der Waals surface area contributed by atoms with Crippen molar-refractivity contribution in [2.45, 2.75) is 38.0 Å². The van der Waals surface area contributed by atoms with Crippen LogP contribution in [0.1, 0.15) is 38.5 Å². The Bertz CT molecular complexity index is 898. The molecule has 4 nitrogen and oxygen atoms in total. The van der Waals surface area contributed by atoms with Gasteiger partial charge in [0.1, 0.15) is 5.76 Å². The van der Waals surface area contributed by atoms with Gasteiger partial charge >= 0.3 is 0 Å². The second-order valence-corrected chi connectivity index (χ2v) is 7.21. The number of nitrogens with one attached hydrogen (secondary N) is 1. The summed E-state index contributed by atoms with van der Waals surface area (Å²) in [6, 6.07) is 15.8. The van der Waals surface area contributed by atoms with Gasteiger partial charge in [0, 0.05) is 22.8 Å². The van der Waals surface area contributed by atoms with E-state index in [0.29, 0.717) is 12.1 Å². The zero-order valence-electron chi connectivity index (χ0n) is 15.2. The van der Waals surface area contributed by atoms with E-state index in [1.54, 1.807) is 11.8 Å². The number of hydrogen-bond acceptors (Lipinski definition) is 4. The van der Waals surface area contributed by atoms with E-state index < -0.39 is 0 Å². The molecule has 26 heavy (non-hydrogen) atoms. The Hall–Kier alpha value is -2.53. The molecule has 2 aromatic carbocycles. The zero-order chi connectivity index (χ0) is 18.5. The van der Waals surface area contributed by atoms with Gasteiger partial charge < -0.3 is 9.84 Å². The number of carbonyl (C=O) groups is 1. The summed E-state index contributed by atoms with van der Waals surface area (Å²) in [5, 5.41) is 7.02. The Morgan fingerprint density at radius 2 is 1.81 bits per heavy atom. The van der Waals surface area contributed by atoms with E-state index in [-0.39, 0.29) is 5.91 Å². The maximum absolute atomic E-state index is 12.7. The number of aryl methyl sites for hydroxylation is 3. The zero-order valence-corrected chi connectivity index (χ0v) is 16.0. The number of benzene rings is 2. The lowest BCUT2D eigenvalue weighted by Crippen LogP contribution is -2.23. The van der Waals surface area contributed by atoms with Crippen molar-refractivity contribution in [1.29, 1.82) is 0 Å². The van der Waals surface area contributed by atoms with Crippen molar-refractivity contribution in [1.82, 2.24) is 10.5 Å². The topological polar surface area (TPSA) is 55.1 Å². The van der Waals surface area contributed by atoms with E-state index in [2.05, 4.69) is 23.5 Å².